The van der Waals surface area contributed by atoms with Gasteiger partial charge in [0.15, 0.2) is 27.2 Å². The Morgan fingerprint density at radius 1 is 0.769 bits per heavy atom. The first-order valence-electron chi connectivity index (χ1n) is 8.42. The molecule has 0 fully saturated rings. The van der Waals surface area contributed by atoms with Crippen molar-refractivity contribution in [2.45, 2.75) is 46.4 Å². The third-order valence-corrected chi connectivity index (χ3v) is 4.67. The number of halogens is 3. The maximum Gasteiger partial charge on any atom is 0.262 e. The number of rotatable bonds is 8. The van der Waals surface area contributed by atoms with Crippen molar-refractivity contribution in [3.63, 3.8) is 0 Å². The van der Waals surface area contributed by atoms with Crippen LogP contribution in [0.5, 0.6) is 0 Å². The van der Waals surface area contributed by atoms with E-state index in [1.54, 1.807) is 12.1 Å². The van der Waals surface area contributed by atoms with Crippen LogP contribution in [0.2, 0.25) is 0 Å². The Kier molecular flexibility index (Phi) is 7.40. The van der Waals surface area contributed by atoms with Crippen molar-refractivity contribution in [2.75, 3.05) is 0 Å². The van der Waals surface area contributed by atoms with Gasteiger partial charge in [0.25, 0.3) is 6.48 Å². The fraction of sp³-hybridized carbons (Fsp3) is 0.368. The van der Waals surface area contributed by atoms with Crippen LogP contribution in [0.1, 0.15) is 27.7 Å². The second-order valence-corrected chi connectivity index (χ2v) is 7.86. The van der Waals surface area contributed by atoms with E-state index in [0.29, 0.717) is 5.56 Å². The minimum Gasteiger partial charge on any atom is -0.373 e. The molecule has 26 heavy (non-hydrogen) atoms. The normalized spacial score (nSPS) is 12.2. The lowest BCUT2D eigenvalue weighted by molar-refractivity contribution is -0.274. The number of hydrogen-bond acceptors (Lipinski definition) is 3. The molecule has 0 aliphatic heterocycles. The lowest BCUT2D eigenvalue weighted by Crippen LogP contribution is -2.32. The molecule has 0 radical (unpaired) electrons. The monoisotopic (exact) mass is 384 g/mol. The third-order valence-electron chi connectivity index (χ3n) is 3.42. The van der Waals surface area contributed by atoms with E-state index in [0.717, 1.165) is 17.3 Å². The molecule has 0 atom stereocenters. The third kappa shape index (κ3) is 5.95. The van der Waals surface area contributed by atoms with Gasteiger partial charge in [0, 0.05) is 0 Å². The quantitative estimate of drug-likeness (QED) is 0.395. The molecule has 0 unspecified atom stereocenters. The number of benzene rings is 2. The topological polar surface area (TPSA) is 27.7 Å². The van der Waals surface area contributed by atoms with Crippen LogP contribution in [-0.2, 0) is 13.9 Å². The van der Waals surface area contributed by atoms with Crippen LogP contribution in [0.25, 0.3) is 11.1 Å². The molecule has 0 saturated heterocycles. The van der Waals surface area contributed by atoms with Crippen LogP contribution in [0, 0.1) is 17.5 Å². The average Bonchev–Trinajstić information content (AvgIpc) is 2.56. The molecule has 0 N–H and O–H groups in total. The first-order valence-corrected chi connectivity index (χ1v) is 9.71. The van der Waals surface area contributed by atoms with E-state index < -0.39 is 33.7 Å². The molecular formula is C19H23F3O3Si. The zero-order chi connectivity index (χ0) is 19.3. The van der Waals surface area contributed by atoms with E-state index in [1.165, 1.54) is 0 Å². The Labute approximate surface area is 154 Å². The summed E-state index contributed by atoms with van der Waals surface area (Å²) in [6.07, 6.45) is -0.0585. The molecule has 0 aliphatic carbocycles. The number of hydrogen-bond donors (Lipinski definition) is 0. The Hall–Kier alpha value is -1.67. The fourth-order valence-electron chi connectivity index (χ4n) is 2.23. The van der Waals surface area contributed by atoms with Gasteiger partial charge in [-0.3, -0.25) is 0 Å². The maximum absolute atomic E-state index is 13.4. The van der Waals surface area contributed by atoms with Crippen LogP contribution in [0.4, 0.5) is 13.2 Å². The summed E-state index contributed by atoms with van der Waals surface area (Å²) in [6, 6.07) is 9.04. The summed E-state index contributed by atoms with van der Waals surface area (Å²) in [4.78, 5) is 0. The predicted molar refractivity (Wildman–Crippen MR) is 97.2 cm³/mol. The van der Waals surface area contributed by atoms with Gasteiger partial charge < -0.3 is 13.9 Å². The second-order valence-electron chi connectivity index (χ2n) is 6.42. The maximum atomic E-state index is 13.4. The molecule has 142 valence electrons. The van der Waals surface area contributed by atoms with Gasteiger partial charge in [-0.25, -0.2) is 13.2 Å². The van der Waals surface area contributed by atoms with Gasteiger partial charge >= 0.3 is 0 Å². The highest BCUT2D eigenvalue weighted by molar-refractivity contribution is 6.46. The van der Waals surface area contributed by atoms with E-state index in [4.69, 9.17) is 13.9 Å². The van der Waals surface area contributed by atoms with Gasteiger partial charge in [-0.05, 0) is 56.1 Å². The molecule has 7 heteroatoms. The molecule has 0 amide bonds. The highest BCUT2D eigenvalue weighted by Crippen LogP contribution is 2.23. The summed E-state index contributed by atoms with van der Waals surface area (Å²) in [5.41, 5.74) is 0.869. The summed E-state index contributed by atoms with van der Waals surface area (Å²) in [6.45, 7) is 6.88. The van der Waals surface area contributed by atoms with E-state index >= 15 is 0 Å². The molecule has 0 aromatic heterocycles. The molecule has 3 nitrogen and oxygen atoms in total. The van der Waals surface area contributed by atoms with Crippen molar-refractivity contribution in [3.8, 4) is 11.1 Å². The van der Waals surface area contributed by atoms with E-state index in [-0.39, 0.29) is 17.8 Å². The Morgan fingerprint density at radius 3 is 1.73 bits per heavy atom. The average molecular weight is 384 g/mol. The minimum atomic E-state index is -1.47. The molecule has 0 bridgehead atoms. The van der Waals surface area contributed by atoms with Gasteiger partial charge in [-0.1, -0.05) is 24.3 Å². The van der Waals surface area contributed by atoms with Crippen molar-refractivity contribution >= 4 is 14.9 Å². The fourth-order valence-corrected chi connectivity index (χ4v) is 3.15. The molecule has 0 saturated carbocycles. The van der Waals surface area contributed by atoms with Gasteiger partial charge in [-0.15, -0.1) is 0 Å². The summed E-state index contributed by atoms with van der Waals surface area (Å²) in [7, 11) is -1.12. The zero-order valence-electron chi connectivity index (χ0n) is 15.3. The van der Waals surface area contributed by atoms with Gasteiger partial charge in [0.1, 0.15) is 0 Å². The minimum absolute atomic E-state index is 0.0293. The van der Waals surface area contributed by atoms with Crippen LogP contribution >= 0.6 is 0 Å². The van der Waals surface area contributed by atoms with Gasteiger partial charge in [0.2, 0.25) is 0 Å². The molecular weight excluding hydrogens is 361 g/mol. The summed E-state index contributed by atoms with van der Waals surface area (Å²) < 4.78 is 56.7. The van der Waals surface area contributed by atoms with E-state index in [2.05, 4.69) is 0 Å². The lowest BCUT2D eigenvalue weighted by atomic mass is 10.1. The lowest BCUT2D eigenvalue weighted by Gasteiger charge is -2.23. The highest BCUT2D eigenvalue weighted by atomic mass is 28.2. The molecule has 2 aromatic rings. The second kappa shape index (κ2) is 9.32. The summed E-state index contributed by atoms with van der Waals surface area (Å²) in [5.74, 6) is -3.88. The molecule has 0 heterocycles. The van der Waals surface area contributed by atoms with E-state index in [9.17, 15) is 13.2 Å². The molecule has 2 rings (SSSR count). The highest BCUT2D eigenvalue weighted by Gasteiger charge is 2.15. The van der Waals surface area contributed by atoms with Crippen molar-refractivity contribution < 1.29 is 27.1 Å². The summed E-state index contributed by atoms with van der Waals surface area (Å²) in [5, 5.41) is 0.974. The Balaban J connectivity index is 2.05. The standard InChI is InChI=1S/C19H23F3O3Si/c1-11(2)23-19(24-12(3)4)25-26-15-7-5-13(6-8-15)14-9-16(20)18(22)17(21)10-14/h5-12,19H,26H2,1-4H3. The zero-order valence-corrected chi connectivity index (χ0v) is 16.7. The summed E-state index contributed by atoms with van der Waals surface area (Å²) >= 11 is 0. The van der Waals surface area contributed by atoms with Crippen molar-refractivity contribution in [2.24, 2.45) is 0 Å². The van der Waals surface area contributed by atoms with Crippen LogP contribution in [-0.4, -0.2) is 28.4 Å². The predicted octanol–water partition coefficient (Wildman–Crippen LogP) is 3.63. The van der Waals surface area contributed by atoms with Crippen LogP contribution < -0.4 is 5.19 Å². The van der Waals surface area contributed by atoms with Crippen LogP contribution in [0.15, 0.2) is 36.4 Å². The largest absolute Gasteiger partial charge is 0.373 e. The molecule has 2 aromatic carbocycles. The first kappa shape index (κ1) is 20.6. The van der Waals surface area contributed by atoms with Gasteiger partial charge in [0.05, 0.1) is 12.2 Å². The van der Waals surface area contributed by atoms with E-state index in [1.807, 2.05) is 39.8 Å². The SMILES string of the molecule is CC(C)OC(O[SiH2]c1ccc(-c2cc(F)c(F)c(F)c2)cc1)OC(C)C. The van der Waals surface area contributed by atoms with Crippen molar-refractivity contribution in [1.29, 1.82) is 0 Å². The van der Waals surface area contributed by atoms with Gasteiger partial charge in [-0.2, -0.15) is 0 Å². The Bertz CT molecular complexity index is 687. The van der Waals surface area contributed by atoms with Crippen molar-refractivity contribution in [1.82, 2.24) is 0 Å². The smallest absolute Gasteiger partial charge is 0.262 e. The van der Waals surface area contributed by atoms with Crippen LogP contribution in [0.3, 0.4) is 0 Å². The Morgan fingerprint density at radius 2 is 1.27 bits per heavy atom. The first-order chi connectivity index (χ1) is 12.3. The number of ether oxygens (including phenoxy) is 2. The molecule has 0 aliphatic rings. The van der Waals surface area contributed by atoms with Crippen molar-refractivity contribution in [3.05, 3.63) is 53.8 Å². The molecule has 0 spiro atoms.